The monoisotopic (exact) mass is 408 g/mol. The van der Waals surface area contributed by atoms with Gasteiger partial charge >= 0.3 is 0 Å². The molecule has 2 aromatic rings. The van der Waals surface area contributed by atoms with Crippen LogP contribution < -0.4 is 15.4 Å². The predicted octanol–water partition coefficient (Wildman–Crippen LogP) is 6.39. The molecule has 0 bridgehead atoms. The first-order chi connectivity index (χ1) is 13.1. The lowest BCUT2D eigenvalue weighted by atomic mass is 10.2. The Morgan fingerprint density at radius 1 is 0.926 bits per heavy atom. The number of carbonyl (C=O) groups excluding carboxylic acids is 1. The summed E-state index contributed by atoms with van der Waals surface area (Å²) in [5.41, 5.74) is 1.42. The molecule has 0 aliphatic carbocycles. The first-order valence-corrected chi connectivity index (χ1v) is 10.0. The molecule has 0 aliphatic heterocycles. The summed E-state index contributed by atoms with van der Waals surface area (Å²) in [6, 6.07) is 12.5. The van der Waals surface area contributed by atoms with Gasteiger partial charge in [-0.15, -0.1) is 0 Å². The fourth-order valence-electron chi connectivity index (χ4n) is 2.57. The largest absolute Gasteiger partial charge is 0.494 e. The minimum atomic E-state index is -0.157. The number of hydrogen-bond acceptors (Lipinski definition) is 3. The van der Waals surface area contributed by atoms with E-state index in [9.17, 15) is 4.79 Å². The van der Waals surface area contributed by atoms with E-state index in [0.717, 1.165) is 24.5 Å². The molecular formula is C21H26Cl2N2O2. The Morgan fingerprint density at radius 2 is 1.59 bits per heavy atom. The topological polar surface area (TPSA) is 50.4 Å². The number of nitrogens with one attached hydrogen (secondary N) is 2. The van der Waals surface area contributed by atoms with Crippen molar-refractivity contribution in [2.24, 2.45) is 0 Å². The Morgan fingerprint density at radius 3 is 2.26 bits per heavy atom. The van der Waals surface area contributed by atoms with Gasteiger partial charge in [-0.2, -0.15) is 0 Å². The predicted molar refractivity (Wildman–Crippen MR) is 114 cm³/mol. The molecule has 146 valence electrons. The Labute approximate surface area is 171 Å². The molecule has 0 saturated carbocycles. The highest BCUT2D eigenvalue weighted by atomic mass is 35.5. The highest BCUT2D eigenvalue weighted by Crippen LogP contribution is 2.22. The van der Waals surface area contributed by atoms with Crippen LogP contribution in [0.2, 0.25) is 10.0 Å². The van der Waals surface area contributed by atoms with Crippen LogP contribution in [0.4, 0.5) is 11.4 Å². The zero-order chi connectivity index (χ0) is 19.5. The van der Waals surface area contributed by atoms with E-state index in [1.807, 2.05) is 24.3 Å². The van der Waals surface area contributed by atoms with Gasteiger partial charge in [-0.1, -0.05) is 55.8 Å². The van der Waals surface area contributed by atoms with Gasteiger partial charge in [0.15, 0.2) is 0 Å². The third-order valence-corrected chi connectivity index (χ3v) is 4.41. The maximum absolute atomic E-state index is 12.1. The van der Waals surface area contributed by atoms with Crippen molar-refractivity contribution in [1.82, 2.24) is 0 Å². The number of unbranched alkanes of at least 4 members (excludes halogenated alkanes) is 4. The molecule has 2 N–H and O–H groups in total. The first kappa shape index (κ1) is 21.4. The summed E-state index contributed by atoms with van der Waals surface area (Å²) in [6.45, 7) is 3.05. The standard InChI is InChI=1S/C21H26Cl2N2O2/c1-2-3-4-5-6-11-27-20-9-7-18(8-10-20)25-21(26)15-24-19-13-16(22)12-17(23)14-19/h7-10,12-14,24H,2-6,11,15H2,1H3,(H,25,26). The van der Waals surface area contributed by atoms with E-state index in [1.165, 1.54) is 25.7 Å². The van der Waals surface area contributed by atoms with Crippen molar-refractivity contribution in [1.29, 1.82) is 0 Å². The minimum absolute atomic E-state index is 0.118. The summed E-state index contributed by atoms with van der Waals surface area (Å²) < 4.78 is 5.72. The molecule has 2 aromatic carbocycles. The second-order valence-corrected chi connectivity index (χ2v) is 7.22. The van der Waals surface area contributed by atoms with Crippen LogP contribution in [-0.4, -0.2) is 19.1 Å². The van der Waals surface area contributed by atoms with Crippen LogP contribution in [0.1, 0.15) is 39.0 Å². The lowest BCUT2D eigenvalue weighted by Crippen LogP contribution is -2.21. The first-order valence-electron chi connectivity index (χ1n) is 9.29. The quantitative estimate of drug-likeness (QED) is 0.423. The van der Waals surface area contributed by atoms with E-state index in [0.29, 0.717) is 15.7 Å². The zero-order valence-corrected chi connectivity index (χ0v) is 17.1. The van der Waals surface area contributed by atoms with Crippen LogP contribution in [0.25, 0.3) is 0 Å². The lowest BCUT2D eigenvalue weighted by Gasteiger charge is -2.10. The van der Waals surface area contributed by atoms with Crippen LogP contribution in [0.5, 0.6) is 5.75 Å². The summed E-state index contributed by atoms with van der Waals surface area (Å²) in [7, 11) is 0. The minimum Gasteiger partial charge on any atom is -0.494 e. The number of carbonyl (C=O) groups is 1. The molecule has 0 heterocycles. The molecule has 0 radical (unpaired) electrons. The smallest absolute Gasteiger partial charge is 0.243 e. The Balaban J connectivity index is 1.71. The molecule has 0 spiro atoms. The summed E-state index contributed by atoms with van der Waals surface area (Å²) in [5.74, 6) is 0.658. The average Bonchev–Trinajstić information content (AvgIpc) is 2.63. The highest BCUT2D eigenvalue weighted by Gasteiger charge is 2.04. The average molecular weight is 409 g/mol. The van der Waals surface area contributed by atoms with Gasteiger partial charge in [0.1, 0.15) is 5.75 Å². The zero-order valence-electron chi connectivity index (χ0n) is 15.6. The molecule has 2 rings (SSSR count). The molecule has 1 amide bonds. The van der Waals surface area contributed by atoms with E-state index >= 15 is 0 Å². The molecule has 0 unspecified atom stereocenters. The summed E-state index contributed by atoms with van der Waals surface area (Å²) >= 11 is 11.9. The van der Waals surface area contributed by atoms with Crippen LogP contribution in [-0.2, 0) is 4.79 Å². The van der Waals surface area contributed by atoms with Gasteiger partial charge in [0.25, 0.3) is 0 Å². The van der Waals surface area contributed by atoms with Crippen LogP contribution in [0.3, 0.4) is 0 Å². The highest BCUT2D eigenvalue weighted by molar-refractivity contribution is 6.35. The molecule has 0 atom stereocenters. The van der Waals surface area contributed by atoms with Gasteiger partial charge in [0.2, 0.25) is 5.91 Å². The van der Waals surface area contributed by atoms with Gasteiger partial charge < -0.3 is 15.4 Å². The summed E-state index contributed by atoms with van der Waals surface area (Å²) in [6.07, 6.45) is 6.06. The molecule has 0 saturated heterocycles. The second-order valence-electron chi connectivity index (χ2n) is 6.35. The Hall–Kier alpha value is -1.91. The number of halogens is 2. The van der Waals surface area contributed by atoms with E-state index < -0.39 is 0 Å². The van der Waals surface area contributed by atoms with Crippen LogP contribution in [0, 0.1) is 0 Å². The molecule has 0 aromatic heterocycles. The molecular weight excluding hydrogens is 383 g/mol. The van der Waals surface area contributed by atoms with Gasteiger partial charge in [0.05, 0.1) is 13.2 Å². The number of hydrogen-bond donors (Lipinski definition) is 2. The van der Waals surface area contributed by atoms with Crippen molar-refractivity contribution in [3.8, 4) is 5.75 Å². The molecule has 0 fully saturated rings. The van der Waals surface area contributed by atoms with Crippen molar-refractivity contribution in [2.45, 2.75) is 39.0 Å². The van der Waals surface area contributed by atoms with Crippen LogP contribution in [0.15, 0.2) is 42.5 Å². The van der Waals surface area contributed by atoms with Gasteiger partial charge in [-0.3, -0.25) is 4.79 Å². The van der Waals surface area contributed by atoms with Gasteiger partial charge in [-0.05, 0) is 48.9 Å². The Kier molecular flexibility index (Phi) is 9.29. The van der Waals surface area contributed by atoms with Crippen LogP contribution >= 0.6 is 23.2 Å². The summed E-state index contributed by atoms with van der Waals surface area (Å²) in [5, 5.41) is 6.88. The van der Waals surface area contributed by atoms with Crippen molar-refractivity contribution in [2.75, 3.05) is 23.8 Å². The van der Waals surface area contributed by atoms with Gasteiger partial charge in [-0.25, -0.2) is 0 Å². The molecule has 27 heavy (non-hydrogen) atoms. The maximum atomic E-state index is 12.1. The van der Waals surface area contributed by atoms with Crippen molar-refractivity contribution < 1.29 is 9.53 Å². The van der Waals surface area contributed by atoms with E-state index in [1.54, 1.807) is 18.2 Å². The maximum Gasteiger partial charge on any atom is 0.243 e. The third kappa shape index (κ3) is 8.55. The molecule has 6 heteroatoms. The SMILES string of the molecule is CCCCCCCOc1ccc(NC(=O)CNc2cc(Cl)cc(Cl)c2)cc1. The number of anilines is 2. The Bertz CT molecular complexity index is 700. The van der Waals surface area contributed by atoms with Crippen molar-refractivity contribution in [3.63, 3.8) is 0 Å². The van der Waals surface area contributed by atoms with Gasteiger partial charge in [0, 0.05) is 21.4 Å². The number of amides is 1. The van der Waals surface area contributed by atoms with Crippen molar-refractivity contribution in [3.05, 3.63) is 52.5 Å². The van der Waals surface area contributed by atoms with E-state index in [-0.39, 0.29) is 12.5 Å². The van der Waals surface area contributed by atoms with E-state index in [2.05, 4.69) is 17.6 Å². The molecule has 4 nitrogen and oxygen atoms in total. The fourth-order valence-corrected chi connectivity index (χ4v) is 3.10. The number of ether oxygens (including phenoxy) is 1. The second kappa shape index (κ2) is 11.7. The number of rotatable bonds is 11. The third-order valence-electron chi connectivity index (χ3n) is 3.97. The number of benzene rings is 2. The molecule has 0 aliphatic rings. The summed E-state index contributed by atoms with van der Waals surface area (Å²) in [4.78, 5) is 12.1. The normalized spacial score (nSPS) is 10.5. The van der Waals surface area contributed by atoms with Crippen molar-refractivity contribution >= 4 is 40.5 Å². The van der Waals surface area contributed by atoms with E-state index in [4.69, 9.17) is 27.9 Å². The fraction of sp³-hybridized carbons (Fsp3) is 0.381. The lowest BCUT2D eigenvalue weighted by molar-refractivity contribution is -0.114.